The zero-order valence-corrected chi connectivity index (χ0v) is 10.9. The van der Waals surface area contributed by atoms with Crippen LogP contribution in [0.1, 0.15) is 35.4 Å². The molecule has 88 valence electrons. The second-order valence-electron chi connectivity index (χ2n) is 4.61. The van der Waals surface area contributed by atoms with Crippen LogP contribution in [0.3, 0.4) is 0 Å². The SMILES string of the molecule is Cc1cc(C2NC(C)CCS2)cc(C)c1O. The third kappa shape index (κ3) is 2.36. The third-order valence-electron chi connectivity index (χ3n) is 3.09. The molecular formula is C13H19NOS. The van der Waals surface area contributed by atoms with Crippen LogP contribution in [0.15, 0.2) is 12.1 Å². The highest BCUT2D eigenvalue weighted by atomic mass is 32.2. The van der Waals surface area contributed by atoms with Gasteiger partial charge in [0.1, 0.15) is 5.75 Å². The lowest BCUT2D eigenvalue weighted by Crippen LogP contribution is -2.33. The minimum atomic E-state index is 0.377. The Morgan fingerprint density at radius 1 is 1.31 bits per heavy atom. The molecule has 0 spiro atoms. The molecule has 1 aromatic rings. The maximum atomic E-state index is 9.75. The second kappa shape index (κ2) is 4.68. The topological polar surface area (TPSA) is 32.3 Å². The van der Waals surface area contributed by atoms with Gasteiger partial charge in [0.05, 0.1) is 5.37 Å². The molecule has 1 aromatic carbocycles. The summed E-state index contributed by atoms with van der Waals surface area (Å²) in [5.41, 5.74) is 3.22. The van der Waals surface area contributed by atoms with Gasteiger partial charge in [-0.1, -0.05) is 0 Å². The van der Waals surface area contributed by atoms with Gasteiger partial charge in [0.15, 0.2) is 0 Å². The van der Waals surface area contributed by atoms with E-state index in [2.05, 4.69) is 24.4 Å². The minimum absolute atomic E-state index is 0.377. The van der Waals surface area contributed by atoms with E-state index in [1.807, 2.05) is 25.6 Å². The molecule has 1 aliphatic rings. The summed E-state index contributed by atoms with van der Waals surface area (Å²) >= 11 is 1.95. The lowest BCUT2D eigenvalue weighted by atomic mass is 10.1. The van der Waals surface area contributed by atoms with Crippen LogP contribution in [0.2, 0.25) is 0 Å². The number of phenols is 1. The summed E-state index contributed by atoms with van der Waals surface area (Å²) in [6.07, 6.45) is 1.23. The standard InChI is InChI=1S/C13H19NOS/c1-8-6-11(7-9(2)12(8)15)13-14-10(3)4-5-16-13/h6-7,10,13-15H,4-5H2,1-3H3. The number of phenolic OH excluding ortho intramolecular Hbond substituents is 1. The van der Waals surface area contributed by atoms with Crippen LogP contribution in [0.25, 0.3) is 0 Å². The van der Waals surface area contributed by atoms with E-state index in [1.54, 1.807) is 0 Å². The number of benzene rings is 1. The van der Waals surface area contributed by atoms with Crippen LogP contribution in [-0.2, 0) is 0 Å². The van der Waals surface area contributed by atoms with Gasteiger partial charge in [-0.25, -0.2) is 0 Å². The molecule has 0 aliphatic carbocycles. The number of hydrogen-bond acceptors (Lipinski definition) is 3. The first-order valence-corrected chi connectivity index (χ1v) is 6.80. The number of hydrogen-bond donors (Lipinski definition) is 2. The Balaban J connectivity index is 2.26. The van der Waals surface area contributed by atoms with E-state index < -0.39 is 0 Å². The predicted octanol–water partition coefficient (Wildman–Crippen LogP) is 3.12. The Morgan fingerprint density at radius 2 is 1.94 bits per heavy atom. The maximum Gasteiger partial charge on any atom is 0.121 e. The average Bonchev–Trinajstić information content (AvgIpc) is 2.25. The fourth-order valence-electron chi connectivity index (χ4n) is 2.09. The molecule has 0 radical (unpaired) electrons. The van der Waals surface area contributed by atoms with Gasteiger partial charge in [-0.15, -0.1) is 11.8 Å². The van der Waals surface area contributed by atoms with Gasteiger partial charge >= 0.3 is 0 Å². The maximum absolute atomic E-state index is 9.75. The van der Waals surface area contributed by atoms with Crippen molar-refractivity contribution in [3.63, 3.8) is 0 Å². The molecule has 1 fully saturated rings. The summed E-state index contributed by atoms with van der Waals surface area (Å²) in [5, 5.41) is 13.7. The van der Waals surface area contributed by atoms with Crippen LogP contribution in [0.4, 0.5) is 0 Å². The van der Waals surface area contributed by atoms with Crippen molar-refractivity contribution in [2.45, 2.75) is 38.6 Å². The predicted molar refractivity (Wildman–Crippen MR) is 70.0 cm³/mol. The van der Waals surface area contributed by atoms with Gasteiger partial charge in [0, 0.05) is 6.04 Å². The van der Waals surface area contributed by atoms with Crippen molar-refractivity contribution in [3.05, 3.63) is 28.8 Å². The summed E-state index contributed by atoms with van der Waals surface area (Å²) in [6.45, 7) is 6.15. The van der Waals surface area contributed by atoms with E-state index in [0.29, 0.717) is 17.2 Å². The molecule has 2 atom stereocenters. The number of rotatable bonds is 1. The van der Waals surface area contributed by atoms with Crippen molar-refractivity contribution in [2.75, 3.05) is 5.75 Å². The Bertz CT molecular complexity index is 369. The molecule has 3 heteroatoms. The average molecular weight is 237 g/mol. The molecule has 0 saturated carbocycles. The van der Waals surface area contributed by atoms with Crippen LogP contribution >= 0.6 is 11.8 Å². The first-order valence-electron chi connectivity index (χ1n) is 5.75. The molecule has 0 bridgehead atoms. The lowest BCUT2D eigenvalue weighted by Gasteiger charge is -2.29. The molecule has 1 heterocycles. The highest BCUT2D eigenvalue weighted by molar-refractivity contribution is 7.99. The molecule has 1 aliphatic heterocycles. The van der Waals surface area contributed by atoms with Crippen molar-refractivity contribution >= 4 is 11.8 Å². The first-order chi connectivity index (χ1) is 7.58. The van der Waals surface area contributed by atoms with Gasteiger partial charge in [-0.3, -0.25) is 5.32 Å². The molecule has 0 aromatic heterocycles. The Kier molecular flexibility index (Phi) is 3.45. The number of aromatic hydroxyl groups is 1. The van der Waals surface area contributed by atoms with Crippen LogP contribution in [0.5, 0.6) is 5.75 Å². The summed E-state index contributed by atoms with van der Waals surface area (Å²) in [6, 6.07) is 4.76. The van der Waals surface area contributed by atoms with Crippen LogP contribution in [0, 0.1) is 13.8 Å². The van der Waals surface area contributed by atoms with Gasteiger partial charge in [-0.05, 0) is 61.8 Å². The minimum Gasteiger partial charge on any atom is -0.507 e. The number of nitrogens with one attached hydrogen (secondary N) is 1. The van der Waals surface area contributed by atoms with Gasteiger partial charge in [0.25, 0.3) is 0 Å². The van der Waals surface area contributed by atoms with Gasteiger partial charge in [-0.2, -0.15) is 0 Å². The Morgan fingerprint density at radius 3 is 2.50 bits per heavy atom. The lowest BCUT2D eigenvalue weighted by molar-refractivity contribution is 0.465. The first kappa shape index (κ1) is 11.8. The second-order valence-corrected chi connectivity index (χ2v) is 5.82. The molecule has 16 heavy (non-hydrogen) atoms. The van der Waals surface area contributed by atoms with E-state index in [0.717, 1.165) is 11.1 Å². The van der Waals surface area contributed by atoms with Gasteiger partial charge in [0.2, 0.25) is 0 Å². The van der Waals surface area contributed by atoms with E-state index in [4.69, 9.17) is 0 Å². The fraction of sp³-hybridized carbons (Fsp3) is 0.538. The number of thioether (sulfide) groups is 1. The van der Waals surface area contributed by atoms with Crippen molar-refractivity contribution < 1.29 is 5.11 Å². The van der Waals surface area contributed by atoms with Crippen molar-refractivity contribution in [1.82, 2.24) is 5.32 Å². The fourth-order valence-corrected chi connectivity index (χ4v) is 3.47. The molecular weight excluding hydrogens is 218 g/mol. The van der Waals surface area contributed by atoms with E-state index >= 15 is 0 Å². The largest absolute Gasteiger partial charge is 0.507 e. The third-order valence-corrected chi connectivity index (χ3v) is 4.30. The smallest absolute Gasteiger partial charge is 0.121 e. The zero-order chi connectivity index (χ0) is 11.7. The van der Waals surface area contributed by atoms with E-state index in [-0.39, 0.29) is 0 Å². The van der Waals surface area contributed by atoms with Crippen molar-refractivity contribution in [2.24, 2.45) is 0 Å². The Hall–Kier alpha value is -0.670. The monoisotopic (exact) mass is 237 g/mol. The summed E-state index contributed by atoms with van der Waals surface area (Å²) < 4.78 is 0. The summed E-state index contributed by atoms with van der Waals surface area (Å²) in [7, 11) is 0. The van der Waals surface area contributed by atoms with E-state index in [9.17, 15) is 5.11 Å². The van der Waals surface area contributed by atoms with Gasteiger partial charge < -0.3 is 5.11 Å². The Labute approximate surface area is 101 Å². The molecule has 1 saturated heterocycles. The highest BCUT2D eigenvalue weighted by Gasteiger charge is 2.20. The highest BCUT2D eigenvalue weighted by Crippen LogP contribution is 2.34. The molecule has 2 N–H and O–H groups in total. The van der Waals surface area contributed by atoms with Crippen LogP contribution < -0.4 is 5.32 Å². The quantitative estimate of drug-likeness (QED) is 0.787. The summed E-state index contributed by atoms with van der Waals surface area (Å²) in [4.78, 5) is 0. The van der Waals surface area contributed by atoms with E-state index in [1.165, 1.54) is 17.7 Å². The number of aryl methyl sites for hydroxylation is 2. The van der Waals surface area contributed by atoms with Crippen molar-refractivity contribution in [1.29, 1.82) is 0 Å². The summed E-state index contributed by atoms with van der Waals surface area (Å²) in [5.74, 6) is 1.63. The van der Waals surface area contributed by atoms with Crippen LogP contribution in [-0.4, -0.2) is 16.9 Å². The molecule has 2 nitrogen and oxygen atoms in total. The normalized spacial score (nSPS) is 25.7. The van der Waals surface area contributed by atoms with Crippen molar-refractivity contribution in [3.8, 4) is 5.75 Å². The molecule has 2 unspecified atom stereocenters. The zero-order valence-electron chi connectivity index (χ0n) is 10.1. The molecule has 0 amide bonds. The molecule has 2 rings (SSSR count).